The SMILES string of the molecule is Cc1nn(C)c(C)c1NC(=O)CSc1nc(-c2ccccc2)cs1. The monoisotopic (exact) mass is 358 g/mol. The van der Waals surface area contributed by atoms with E-state index in [0.29, 0.717) is 5.75 Å². The summed E-state index contributed by atoms with van der Waals surface area (Å²) in [7, 11) is 1.87. The average Bonchev–Trinajstić information content (AvgIpc) is 3.15. The van der Waals surface area contributed by atoms with Gasteiger partial charge in [0.15, 0.2) is 4.34 Å². The van der Waals surface area contributed by atoms with Crippen LogP contribution in [-0.2, 0) is 11.8 Å². The standard InChI is InChI=1S/C17H18N4OS2/c1-11-16(12(2)21(3)20-11)19-15(22)10-24-17-18-14(9-23-17)13-7-5-4-6-8-13/h4-9H,10H2,1-3H3,(H,19,22). The number of thiazole rings is 1. The fraction of sp³-hybridized carbons (Fsp3) is 0.235. The number of carbonyl (C=O) groups excluding carboxylic acids is 1. The smallest absolute Gasteiger partial charge is 0.234 e. The van der Waals surface area contributed by atoms with Crippen molar-refractivity contribution in [1.29, 1.82) is 0 Å². The predicted molar refractivity (Wildman–Crippen MR) is 99.6 cm³/mol. The number of nitrogens with one attached hydrogen (secondary N) is 1. The Labute approximate surface area is 149 Å². The molecule has 0 fully saturated rings. The van der Waals surface area contributed by atoms with E-state index in [2.05, 4.69) is 15.4 Å². The number of amides is 1. The molecule has 2 heterocycles. The molecule has 3 rings (SSSR count). The van der Waals surface area contributed by atoms with E-state index in [-0.39, 0.29) is 5.91 Å². The van der Waals surface area contributed by atoms with Crippen LogP contribution in [0.2, 0.25) is 0 Å². The van der Waals surface area contributed by atoms with Crippen LogP contribution >= 0.6 is 23.1 Å². The zero-order valence-electron chi connectivity index (χ0n) is 13.7. The first kappa shape index (κ1) is 16.7. The number of thioether (sulfide) groups is 1. The fourth-order valence-electron chi connectivity index (χ4n) is 2.32. The van der Waals surface area contributed by atoms with Crippen molar-refractivity contribution in [2.24, 2.45) is 7.05 Å². The number of nitrogens with zero attached hydrogens (tertiary/aromatic N) is 3. The first-order valence-electron chi connectivity index (χ1n) is 7.48. The van der Waals surface area contributed by atoms with E-state index >= 15 is 0 Å². The lowest BCUT2D eigenvalue weighted by atomic mass is 10.2. The molecular formula is C17H18N4OS2. The molecule has 0 spiro atoms. The van der Waals surface area contributed by atoms with Crippen molar-refractivity contribution in [3.8, 4) is 11.3 Å². The molecule has 0 bridgehead atoms. The van der Waals surface area contributed by atoms with Crippen LogP contribution in [0.3, 0.4) is 0 Å². The lowest BCUT2D eigenvalue weighted by Crippen LogP contribution is -2.15. The Kier molecular flexibility index (Phi) is 5.01. The van der Waals surface area contributed by atoms with E-state index in [1.165, 1.54) is 11.8 Å². The normalized spacial score (nSPS) is 10.8. The van der Waals surface area contributed by atoms with Gasteiger partial charge in [0.1, 0.15) is 0 Å². The van der Waals surface area contributed by atoms with Crippen LogP contribution < -0.4 is 5.32 Å². The molecule has 0 radical (unpaired) electrons. The van der Waals surface area contributed by atoms with Gasteiger partial charge in [-0.1, -0.05) is 42.1 Å². The number of rotatable bonds is 5. The summed E-state index contributed by atoms with van der Waals surface area (Å²) in [6.07, 6.45) is 0. The third kappa shape index (κ3) is 3.68. The quantitative estimate of drug-likeness (QED) is 0.703. The molecule has 1 N–H and O–H groups in total. The fourth-order valence-corrected chi connectivity index (χ4v) is 3.96. The summed E-state index contributed by atoms with van der Waals surface area (Å²) in [5.41, 5.74) is 4.61. The van der Waals surface area contributed by atoms with E-state index < -0.39 is 0 Å². The molecule has 2 aromatic heterocycles. The molecule has 124 valence electrons. The van der Waals surface area contributed by atoms with E-state index in [9.17, 15) is 4.79 Å². The molecule has 0 aliphatic heterocycles. The van der Waals surface area contributed by atoms with Gasteiger partial charge in [-0.15, -0.1) is 11.3 Å². The van der Waals surface area contributed by atoms with Crippen molar-refractivity contribution in [3.05, 3.63) is 47.1 Å². The molecule has 7 heteroatoms. The van der Waals surface area contributed by atoms with Gasteiger partial charge in [-0.05, 0) is 13.8 Å². The van der Waals surface area contributed by atoms with Gasteiger partial charge in [0.2, 0.25) is 5.91 Å². The minimum absolute atomic E-state index is 0.0457. The van der Waals surface area contributed by atoms with Crippen LogP contribution in [0.5, 0.6) is 0 Å². The summed E-state index contributed by atoms with van der Waals surface area (Å²) in [4.78, 5) is 16.8. The number of hydrogen-bond acceptors (Lipinski definition) is 5. The largest absolute Gasteiger partial charge is 0.322 e. The Morgan fingerprint density at radius 2 is 2.04 bits per heavy atom. The Bertz CT molecular complexity index is 855. The lowest BCUT2D eigenvalue weighted by Gasteiger charge is -2.04. The number of hydrogen-bond donors (Lipinski definition) is 1. The highest BCUT2D eigenvalue weighted by Gasteiger charge is 2.13. The first-order chi connectivity index (χ1) is 11.5. The van der Waals surface area contributed by atoms with Crippen LogP contribution in [0.25, 0.3) is 11.3 Å². The van der Waals surface area contributed by atoms with Crippen LogP contribution in [-0.4, -0.2) is 26.4 Å². The molecule has 0 saturated carbocycles. The second kappa shape index (κ2) is 7.19. The zero-order chi connectivity index (χ0) is 17.1. The highest BCUT2D eigenvalue weighted by Crippen LogP contribution is 2.28. The van der Waals surface area contributed by atoms with E-state index in [0.717, 1.165) is 32.7 Å². The van der Waals surface area contributed by atoms with Gasteiger partial charge in [-0.25, -0.2) is 4.98 Å². The van der Waals surface area contributed by atoms with Crippen molar-refractivity contribution >= 4 is 34.7 Å². The molecule has 0 aliphatic rings. The second-order valence-corrected chi connectivity index (χ2v) is 7.45. The summed E-state index contributed by atoms with van der Waals surface area (Å²) in [6.45, 7) is 3.83. The highest BCUT2D eigenvalue weighted by atomic mass is 32.2. The molecule has 0 unspecified atom stereocenters. The molecule has 3 aromatic rings. The van der Waals surface area contributed by atoms with Gasteiger partial charge in [0.05, 0.1) is 28.5 Å². The van der Waals surface area contributed by atoms with E-state index in [1.807, 2.05) is 56.6 Å². The van der Waals surface area contributed by atoms with Gasteiger partial charge in [0, 0.05) is 18.0 Å². The second-order valence-electron chi connectivity index (χ2n) is 5.37. The predicted octanol–water partition coefficient (Wildman–Crippen LogP) is 3.89. The Morgan fingerprint density at radius 1 is 1.29 bits per heavy atom. The average molecular weight is 358 g/mol. The van der Waals surface area contributed by atoms with Crippen molar-refractivity contribution < 1.29 is 4.79 Å². The van der Waals surface area contributed by atoms with Gasteiger partial charge in [-0.2, -0.15) is 5.10 Å². The molecule has 1 aromatic carbocycles. The lowest BCUT2D eigenvalue weighted by molar-refractivity contribution is -0.113. The number of aryl methyl sites for hydroxylation is 2. The van der Waals surface area contributed by atoms with E-state index in [4.69, 9.17) is 0 Å². The minimum Gasteiger partial charge on any atom is -0.322 e. The van der Waals surface area contributed by atoms with Crippen molar-refractivity contribution in [2.75, 3.05) is 11.1 Å². The maximum atomic E-state index is 12.2. The van der Waals surface area contributed by atoms with Gasteiger partial charge < -0.3 is 5.32 Å². The molecule has 5 nitrogen and oxygen atoms in total. The summed E-state index contributed by atoms with van der Waals surface area (Å²) < 4.78 is 2.66. The van der Waals surface area contributed by atoms with Crippen molar-refractivity contribution in [1.82, 2.24) is 14.8 Å². The number of anilines is 1. The number of carbonyl (C=O) groups is 1. The summed E-state index contributed by atoms with van der Waals surface area (Å²) in [5.74, 6) is 0.283. The minimum atomic E-state index is -0.0457. The van der Waals surface area contributed by atoms with Gasteiger partial charge >= 0.3 is 0 Å². The van der Waals surface area contributed by atoms with Crippen molar-refractivity contribution in [3.63, 3.8) is 0 Å². The number of aromatic nitrogens is 3. The van der Waals surface area contributed by atoms with Crippen LogP contribution in [0.4, 0.5) is 5.69 Å². The topological polar surface area (TPSA) is 59.8 Å². The Balaban J connectivity index is 1.60. The summed E-state index contributed by atoms with van der Waals surface area (Å²) in [5, 5.41) is 9.26. The summed E-state index contributed by atoms with van der Waals surface area (Å²) >= 11 is 3.01. The third-order valence-electron chi connectivity index (χ3n) is 3.65. The molecule has 1 amide bonds. The van der Waals surface area contributed by atoms with E-state index in [1.54, 1.807) is 16.0 Å². The Morgan fingerprint density at radius 3 is 2.71 bits per heavy atom. The maximum Gasteiger partial charge on any atom is 0.234 e. The first-order valence-corrected chi connectivity index (χ1v) is 9.35. The zero-order valence-corrected chi connectivity index (χ0v) is 15.4. The third-order valence-corrected chi connectivity index (χ3v) is 5.67. The summed E-state index contributed by atoms with van der Waals surface area (Å²) in [6, 6.07) is 10.0. The molecule has 24 heavy (non-hydrogen) atoms. The maximum absolute atomic E-state index is 12.2. The number of benzene rings is 1. The Hall–Kier alpha value is -2.12. The van der Waals surface area contributed by atoms with Crippen LogP contribution in [0, 0.1) is 13.8 Å². The van der Waals surface area contributed by atoms with Gasteiger partial charge in [-0.3, -0.25) is 9.48 Å². The van der Waals surface area contributed by atoms with Gasteiger partial charge in [0.25, 0.3) is 0 Å². The van der Waals surface area contributed by atoms with Crippen molar-refractivity contribution in [2.45, 2.75) is 18.2 Å². The molecule has 0 saturated heterocycles. The highest BCUT2D eigenvalue weighted by molar-refractivity contribution is 8.01. The van der Waals surface area contributed by atoms with Crippen LogP contribution in [0.1, 0.15) is 11.4 Å². The molecule has 0 atom stereocenters. The van der Waals surface area contributed by atoms with Crippen LogP contribution in [0.15, 0.2) is 40.1 Å². The molecular weight excluding hydrogens is 340 g/mol. The molecule has 0 aliphatic carbocycles.